The molecular formula is C9H16N4O3. The lowest BCUT2D eigenvalue weighted by molar-refractivity contribution is -0.426. The van der Waals surface area contributed by atoms with Crippen LogP contribution in [0, 0.1) is 10.1 Å². The van der Waals surface area contributed by atoms with Crippen LogP contribution < -0.4 is 5.73 Å². The van der Waals surface area contributed by atoms with Gasteiger partial charge in [-0.25, -0.2) is 0 Å². The number of allylic oxidation sites excluding steroid dienone is 1. The van der Waals surface area contributed by atoms with Crippen molar-refractivity contribution in [3.63, 3.8) is 0 Å². The number of hydrogen-bond acceptors (Lipinski definition) is 6. The van der Waals surface area contributed by atoms with Crippen molar-refractivity contribution in [2.24, 2.45) is 10.7 Å². The van der Waals surface area contributed by atoms with Gasteiger partial charge >= 0.3 is 5.82 Å². The van der Waals surface area contributed by atoms with Crippen LogP contribution in [0.25, 0.3) is 0 Å². The SMILES string of the molecule is NC(=CC=NCCN1CCOCC1)[N+](=O)[O-]. The fourth-order valence-corrected chi connectivity index (χ4v) is 1.29. The average Bonchev–Trinajstić information content (AvgIpc) is 2.29. The predicted octanol–water partition coefficient (Wildman–Crippen LogP) is -0.534. The summed E-state index contributed by atoms with van der Waals surface area (Å²) in [5, 5.41) is 10.1. The van der Waals surface area contributed by atoms with Crippen molar-refractivity contribution in [1.82, 2.24) is 4.90 Å². The number of morpholine rings is 1. The molecule has 0 bridgehead atoms. The lowest BCUT2D eigenvalue weighted by Gasteiger charge is -2.25. The van der Waals surface area contributed by atoms with E-state index in [4.69, 9.17) is 10.5 Å². The summed E-state index contributed by atoms with van der Waals surface area (Å²) in [6, 6.07) is 0. The van der Waals surface area contributed by atoms with Crippen LogP contribution in [0.15, 0.2) is 16.9 Å². The standard InChI is InChI=1S/C9H16N4O3/c10-9(13(14)15)1-2-11-3-4-12-5-7-16-8-6-12/h1-2H,3-8,10H2. The lowest BCUT2D eigenvalue weighted by Crippen LogP contribution is -2.37. The Morgan fingerprint density at radius 1 is 1.56 bits per heavy atom. The minimum Gasteiger partial charge on any atom is -0.379 e. The molecule has 0 amide bonds. The van der Waals surface area contributed by atoms with E-state index in [1.54, 1.807) is 0 Å². The predicted molar refractivity (Wildman–Crippen MR) is 59.9 cm³/mol. The molecule has 1 aliphatic rings. The Bertz CT molecular complexity index is 284. The molecular weight excluding hydrogens is 212 g/mol. The van der Waals surface area contributed by atoms with Crippen molar-refractivity contribution in [2.75, 3.05) is 39.4 Å². The fourth-order valence-electron chi connectivity index (χ4n) is 1.29. The van der Waals surface area contributed by atoms with Crippen molar-refractivity contribution in [1.29, 1.82) is 0 Å². The van der Waals surface area contributed by atoms with E-state index < -0.39 is 10.7 Å². The van der Waals surface area contributed by atoms with Crippen LogP contribution in [-0.2, 0) is 4.74 Å². The molecule has 7 heteroatoms. The zero-order valence-electron chi connectivity index (χ0n) is 9.04. The average molecular weight is 228 g/mol. The monoisotopic (exact) mass is 228 g/mol. The Morgan fingerprint density at radius 3 is 2.88 bits per heavy atom. The third kappa shape index (κ3) is 4.85. The van der Waals surface area contributed by atoms with Gasteiger partial charge in [-0.1, -0.05) is 0 Å². The largest absolute Gasteiger partial charge is 0.379 e. The van der Waals surface area contributed by atoms with E-state index in [0.717, 1.165) is 32.8 Å². The zero-order valence-corrected chi connectivity index (χ0v) is 9.04. The Morgan fingerprint density at radius 2 is 2.25 bits per heavy atom. The van der Waals surface area contributed by atoms with E-state index in [-0.39, 0.29) is 0 Å². The van der Waals surface area contributed by atoms with Crippen LogP contribution in [0.2, 0.25) is 0 Å². The first-order valence-electron chi connectivity index (χ1n) is 5.10. The summed E-state index contributed by atoms with van der Waals surface area (Å²) < 4.78 is 5.20. The quantitative estimate of drug-likeness (QED) is 0.387. The van der Waals surface area contributed by atoms with E-state index >= 15 is 0 Å². The summed E-state index contributed by atoms with van der Waals surface area (Å²) in [5.41, 5.74) is 5.09. The molecule has 1 rings (SSSR count). The molecule has 0 atom stereocenters. The molecule has 0 aromatic carbocycles. The summed E-state index contributed by atoms with van der Waals surface area (Å²) in [5.74, 6) is -0.393. The highest BCUT2D eigenvalue weighted by Crippen LogP contribution is 1.95. The van der Waals surface area contributed by atoms with Crippen molar-refractivity contribution >= 4 is 6.21 Å². The van der Waals surface area contributed by atoms with Gasteiger partial charge in [-0.3, -0.25) is 15.6 Å². The minimum absolute atomic E-state index is 0.393. The van der Waals surface area contributed by atoms with Crippen LogP contribution in [0.4, 0.5) is 0 Å². The van der Waals surface area contributed by atoms with E-state index in [9.17, 15) is 10.1 Å². The normalized spacial score (nSPS) is 19.1. The van der Waals surface area contributed by atoms with E-state index in [0.29, 0.717) is 6.54 Å². The van der Waals surface area contributed by atoms with Gasteiger partial charge in [0, 0.05) is 31.9 Å². The highest BCUT2D eigenvalue weighted by molar-refractivity contribution is 5.71. The van der Waals surface area contributed by atoms with Gasteiger partial charge in [0.2, 0.25) is 0 Å². The van der Waals surface area contributed by atoms with Gasteiger partial charge in [0.25, 0.3) is 0 Å². The van der Waals surface area contributed by atoms with Gasteiger partial charge in [0.15, 0.2) is 0 Å². The van der Waals surface area contributed by atoms with Gasteiger partial charge in [-0.15, -0.1) is 0 Å². The van der Waals surface area contributed by atoms with Gasteiger partial charge in [0.05, 0.1) is 19.8 Å². The van der Waals surface area contributed by atoms with Crippen LogP contribution in [0.5, 0.6) is 0 Å². The summed E-state index contributed by atoms with van der Waals surface area (Å²) in [6.45, 7) is 4.81. The van der Waals surface area contributed by atoms with Crippen molar-refractivity contribution < 1.29 is 9.66 Å². The maximum absolute atomic E-state index is 10.1. The summed E-state index contributed by atoms with van der Waals surface area (Å²) in [4.78, 5) is 15.8. The van der Waals surface area contributed by atoms with Crippen molar-refractivity contribution in [3.8, 4) is 0 Å². The second kappa shape index (κ2) is 6.91. The van der Waals surface area contributed by atoms with Gasteiger partial charge in [0.1, 0.15) is 0 Å². The molecule has 1 fully saturated rings. The molecule has 0 unspecified atom stereocenters. The Labute approximate surface area is 93.7 Å². The van der Waals surface area contributed by atoms with Crippen molar-refractivity contribution in [3.05, 3.63) is 22.0 Å². The molecule has 2 N–H and O–H groups in total. The molecule has 16 heavy (non-hydrogen) atoms. The highest BCUT2D eigenvalue weighted by atomic mass is 16.6. The topological polar surface area (TPSA) is 94.0 Å². The van der Waals surface area contributed by atoms with Gasteiger partial charge in [-0.2, -0.15) is 0 Å². The van der Waals surface area contributed by atoms with E-state index in [2.05, 4.69) is 9.89 Å². The number of hydrogen-bond donors (Lipinski definition) is 1. The molecule has 0 saturated carbocycles. The third-order valence-corrected chi connectivity index (χ3v) is 2.21. The summed E-state index contributed by atoms with van der Waals surface area (Å²) in [7, 11) is 0. The maximum Gasteiger partial charge on any atom is 0.315 e. The van der Waals surface area contributed by atoms with E-state index in [1.165, 1.54) is 12.3 Å². The molecule has 0 radical (unpaired) electrons. The smallest absolute Gasteiger partial charge is 0.315 e. The molecule has 90 valence electrons. The molecule has 0 aromatic rings. The number of nitrogens with zero attached hydrogens (tertiary/aromatic N) is 3. The molecule has 0 aliphatic carbocycles. The third-order valence-electron chi connectivity index (χ3n) is 2.21. The van der Waals surface area contributed by atoms with Crippen LogP contribution in [-0.4, -0.2) is 55.4 Å². The first kappa shape index (κ1) is 12.6. The molecule has 1 heterocycles. The minimum atomic E-state index is -0.645. The Balaban J connectivity index is 2.16. The fraction of sp³-hybridized carbons (Fsp3) is 0.667. The number of ether oxygens (including phenoxy) is 1. The number of rotatable bonds is 5. The molecule has 0 aromatic heterocycles. The summed E-state index contributed by atoms with van der Waals surface area (Å²) in [6.07, 6.45) is 2.57. The van der Waals surface area contributed by atoms with Crippen LogP contribution in [0.1, 0.15) is 0 Å². The molecule has 0 spiro atoms. The summed E-state index contributed by atoms with van der Waals surface area (Å²) >= 11 is 0. The number of nitrogens with two attached hydrogens (primary N) is 1. The van der Waals surface area contributed by atoms with Gasteiger partial charge < -0.3 is 14.9 Å². The molecule has 7 nitrogen and oxygen atoms in total. The molecule has 1 saturated heterocycles. The van der Waals surface area contributed by atoms with Crippen LogP contribution >= 0.6 is 0 Å². The number of aliphatic imine (C=N–C) groups is 1. The zero-order chi connectivity index (χ0) is 11.8. The lowest BCUT2D eigenvalue weighted by atomic mass is 10.4. The molecule has 1 aliphatic heterocycles. The highest BCUT2D eigenvalue weighted by Gasteiger charge is 2.08. The van der Waals surface area contributed by atoms with Crippen LogP contribution in [0.3, 0.4) is 0 Å². The number of nitro groups is 1. The maximum atomic E-state index is 10.1. The first-order chi connectivity index (χ1) is 7.70. The second-order valence-corrected chi connectivity index (χ2v) is 3.36. The first-order valence-corrected chi connectivity index (χ1v) is 5.10. The van der Waals surface area contributed by atoms with Gasteiger partial charge in [-0.05, 0) is 4.92 Å². The second-order valence-electron chi connectivity index (χ2n) is 3.36. The van der Waals surface area contributed by atoms with Crippen molar-refractivity contribution in [2.45, 2.75) is 0 Å². The Hall–Kier alpha value is -1.47. The Kier molecular flexibility index (Phi) is 5.44. The van der Waals surface area contributed by atoms with E-state index in [1.807, 2.05) is 0 Å².